The summed E-state index contributed by atoms with van der Waals surface area (Å²) in [5.41, 5.74) is 3.35. The number of amides is 1. The van der Waals surface area contributed by atoms with E-state index >= 15 is 0 Å². The van der Waals surface area contributed by atoms with Crippen LogP contribution in [0.15, 0.2) is 33.3 Å². The van der Waals surface area contributed by atoms with Gasteiger partial charge in [0.2, 0.25) is 5.91 Å². The molecule has 1 saturated carbocycles. The largest absolute Gasteiger partial charge is 0.323 e. The van der Waals surface area contributed by atoms with Gasteiger partial charge in [-0.2, -0.15) is 5.10 Å². The van der Waals surface area contributed by atoms with Gasteiger partial charge < -0.3 is 5.32 Å². The molecule has 1 amide bonds. The SMILES string of the molecule is Cc1nn(CC(=O)Nc2c(Br)cc(F)cc2Br)c2nccc(C3CC3)c12. The smallest absolute Gasteiger partial charge is 0.246 e. The van der Waals surface area contributed by atoms with Gasteiger partial charge in [0, 0.05) is 20.5 Å². The molecule has 8 heteroatoms. The molecule has 0 saturated heterocycles. The van der Waals surface area contributed by atoms with Crippen molar-refractivity contribution in [1.82, 2.24) is 14.8 Å². The maximum Gasteiger partial charge on any atom is 0.246 e. The van der Waals surface area contributed by atoms with Crippen LogP contribution in [0.2, 0.25) is 0 Å². The van der Waals surface area contributed by atoms with Crippen LogP contribution in [0, 0.1) is 12.7 Å². The second kappa shape index (κ2) is 6.74. The molecular weight excluding hydrogens is 467 g/mol. The minimum atomic E-state index is -0.396. The fraction of sp³-hybridized carbons (Fsp3) is 0.278. The van der Waals surface area contributed by atoms with E-state index in [0.29, 0.717) is 20.6 Å². The predicted molar refractivity (Wildman–Crippen MR) is 105 cm³/mol. The maximum atomic E-state index is 13.4. The lowest BCUT2D eigenvalue weighted by atomic mass is 10.1. The van der Waals surface area contributed by atoms with E-state index in [1.807, 2.05) is 13.0 Å². The number of nitrogens with one attached hydrogen (secondary N) is 1. The fourth-order valence-electron chi connectivity index (χ4n) is 3.13. The van der Waals surface area contributed by atoms with Gasteiger partial charge in [0.1, 0.15) is 12.4 Å². The van der Waals surface area contributed by atoms with Crippen LogP contribution in [0.4, 0.5) is 10.1 Å². The summed E-state index contributed by atoms with van der Waals surface area (Å²) in [6.07, 6.45) is 4.16. The lowest BCUT2D eigenvalue weighted by Crippen LogP contribution is -2.20. The van der Waals surface area contributed by atoms with Crippen LogP contribution < -0.4 is 5.32 Å². The van der Waals surface area contributed by atoms with Crippen molar-refractivity contribution >= 4 is 54.5 Å². The molecule has 3 aromatic rings. The molecule has 1 N–H and O–H groups in total. The van der Waals surface area contributed by atoms with Crippen molar-refractivity contribution in [3.8, 4) is 0 Å². The highest BCUT2D eigenvalue weighted by Gasteiger charge is 2.27. The summed E-state index contributed by atoms with van der Waals surface area (Å²) in [5, 5.41) is 8.35. The van der Waals surface area contributed by atoms with Gasteiger partial charge in [0.25, 0.3) is 0 Å². The van der Waals surface area contributed by atoms with E-state index in [0.717, 1.165) is 16.7 Å². The van der Waals surface area contributed by atoms with Crippen LogP contribution in [-0.4, -0.2) is 20.7 Å². The fourth-order valence-corrected chi connectivity index (χ4v) is 4.46. The molecule has 1 aromatic carbocycles. The third-order valence-electron chi connectivity index (χ3n) is 4.42. The molecule has 26 heavy (non-hydrogen) atoms. The molecule has 0 bridgehead atoms. The summed E-state index contributed by atoms with van der Waals surface area (Å²) in [6.45, 7) is 1.97. The maximum absolute atomic E-state index is 13.4. The van der Waals surface area contributed by atoms with Gasteiger partial charge in [-0.15, -0.1) is 0 Å². The van der Waals surface area contributed by atoms with E-state index in [-0.39, 0.29) is 12.5 Å². The molecule has 2 aromatic heterocycles. The molecule has 1 aliphatic carbocycles. The first-order chi connectivity index (χ1) is 12.4. The number of nitrogens with zero attached hydrogens (tertiary/aromatic N) is 3. The number of hydrogen-bond donors (Lipinski definition) is 1. The van der Waals surface area contributed by atoms with E-state index in [1.165, 1.54) is 30.5 Å². The topological polar surface area (TPSA) is 59.8 Å². The van der Waals surface area contributed by atoms with Gasteiger partial charge in [-0.3, -0.25) is 4.79 Å². The zero-order valence-electron chi connectivity index (χ0n) is 13.9. The van der Waals surface area contributed by atoms with E-state index < -0.39 is 5.82 Å². The first-order valence-electron chi connectivity index (χ1n) is 8.20. The van der Waals surface area contributed by atoms with E-state index in [2.05, 4.69) is 47.3 Å². The number of hydrogen-bond acceptors (Lipinski definition) is 3. The number of fused-ring (bicyclic) bond motifs is 1. The van der Waals surface area contributed by atoms with Crippen molar-refractivity contribution in [3.05, 3.63) is 50.4 Å². The molecule has 0 aliphatic heterocycles. The molecule has 1 aliphatic rings. The van der Waals surface area contributed by atoms with Gasteiger partial charge >= 0.3 is 0 Å². The molecule has 134 valence electrons. The average Bonchev–Trinajstić information content (AvgIpc) is 3.37. The Morgan fingerprint density at radius 2 is 2.04 bits per heavy atom. The molecule has 0 unspecified atom stereocenters. The second-order valence-electron chi connectivity index (χ2n) is 6.41. The van der Waals surface area contributed by atoms with Gasteiger partial charge in [0.05, 0.1) is 11.4 Å². The summed E-state index contributed by atoms with van der Waals surface area (Å²) >= 11 is 6.54. The third-order valence-corrected chi connectivity index (χ3v) is 5.67. The van der Waals surface area contributed by atoms with E-state index in [9.17, 15) is 9.18 Å². The Hall–Kier alpha value is -1.80. The van der Waals surface area contributed by atoms with Crippen LogP contribution in [0.25, 0.3) is 11.0 Å². The van der Waals surface area contributed by atoms with Gasteiger partial charge in [-0.25, -0.2) is 14.1 Å². The Balaban J connectivity index is 1.62. The highest BCUT2D eigenvalue weighted by atomic mass is 79.9. The number of aryl methyl sites for hydroxylation is 1. The Kier molecular flexibility index (Phi) is 4.56. The predicted octanol–water partition coefficient (Wildman–Crippen LogP) is 4.92. The number of aromatic nitrogens is 3. The molecule has 0 radical (unpaired) electrons. The Labute approximate surface area is 166 Å². The standard InChI is InChI=1S/C18H15Br2FN4O/c1-9-16-12(10-2-3-10)4-5-22-18(16)25(24-9)8-15(26)23-17-13(19)6-11(21)7-14(17)20/h4-7,10H,2-3,8H2,1H3,(H,23,26). The van der Waals surface area contributed by atoms with Crippen molar-refractivity contribution < 1.29 is 9.18 Å². The number of halogens is 3. The Bertz CT molecular complexity index is 1010. The zero-order chi connectivity index (χ0) is 18.4. The zero-order valence-corrected chi connectivity index (χ0v) is 17.1. The number of carbonyl (C=O) groups excluding carboxylic acids is 1. The quantitative estimate of drug-likeness (QED) is 0.575. The second-order valence-corrected chi connectivity index (χ2v) is 8.12. The van der Waals surface area contributed by atoms with Crippen LogP contribution in [0.1, 0.15) is 30.0 Å². The van der Waals surface area contributed by atoms with Gasteiger partial charge in [-0.05, 0) is 81.3 Å². The van der Waals surface area contributed by atoms with Gasteiger partial charge in [-0.1, -0.05) is 0 Å². The number of carbonyl (C=O) groups is 1. The molecule has 2 heterocycles. The first-order valence-corrected chi connectivity index (χ1v) is 9.79. The molecule has 0 atom stereocenters. The lowest BCUT2D eigenvalue weighted by molar-refractivity contribution is -0.116. The minimum Gasteiger partial charge on any atom is -0.323 e. The number of anilines is 1. The van der Waals surface area contributed by atoms with E-state index in [1.54, 1.807) is 10.9 Å². The monoisotopic (exact) mass is 480 g/mol. The average molecular weight is 482 g/mol. The van der Waals surface area contributed by atoms with E-state index in [4.69, 9.17) is 0 Å². The third kappa shape index (κ3) is 3.27. The van der Waals surface area contributed by atoms with Crippen molar-refractivity contribution in [3.63, 3.8) is 0 Å². The summed E-state index contributed by atoms with van der Waals surface area (Å²) in [5.74, 6) is -0.0786. The number of rotatable bonds is 4. The van der Waals surface area contributed by atoms with Crippen molar-refractivity contribution in [2.45, 2.75) is 32.2 Å². The molecule has 5 nitrogen and oxygen atoms in total. The van der Waals surface area contributed by atoms with Crippen molar-refractivity contribution in [2.75, 3.05) is 5.32 Å². The molecule has 4 rings (SSSR count). The van der Waals surface area contributed by atoms with Crippen LogP contribution in [0.5, 0.6) is 0 Å². The molecule has 0 spiro atoms. The van der Waals surface area contributed by atoms with Crippen LogP contribution in [0.3, 0.4) is 0 Å². The van der Waals surface area contributed by atoms with Crippen LogP contribution in [-0.2, 0) is 11.3 Å². The first kappa shape index (κ1) is 17.6. The summed E-state index contributed by atoms with van der Waals surface area (Å²) in [6, 6.07) is 4.65. The lowest BCUT2D eigenvalue weighted by Gasteiger charge is -2.10. The van der Waals surface area contributed by atoms with Crippen LogP contribution >= 0.6 is 31.9 Å². The minimum absolute atomic E-state index is 0.0295. The van der Waals surface area contributed by atoms with Gasteiger partial charge in [0.15, 0.2) is 5.65 Å². The normalized spacial score (nSPS) is 14.0. The molecule has 1 fully saturated rings. The summed E-state index contributed by atoms with van der Waals surface area (Å²) < 4.78 is 15.9. The summed E-state index contributed by atoms with van der Waals surface area (Å²) in [4.78, 5) is 17.0. The number of benzene rings is 1. The number of pyridine rings is 1. The van der Waals surface area contributed by atoms with Crippen molar-refractivity contribution in [1.29, 1.82) is 0 Å². The van der Waals surface area contributed by atoms with Crippen molar-refractivity contribution in [2.24, 2.45) is 0 Å². The molecular formula is C18H15Br2FN4O. The highest BCUT2D eigenvalue weighted by Crippen LogP contribution is 2.43. The summed E-state index contributed by atoms with van der Waals surface area (Å²) in [7, 11) is 0. The Morgan fingerprint density at radius 3 is 2.69 bits per heavy atom. The highest BCUT2D eigenvalue weighted by molar-refractivity contribution is 9.11. The Morgan fingerprint density at radius 1 is 1.35 bits per heavy atom.